The van der Waals surface area contributed by atoms with Gasteiger partial charge in [0, 0.05) is 12.1 Å². The Labute approximate surface area is 134 Å². The molecule has 0 saturated heterocycles. The number of carbonyl (C=O) groups is 1. The first-order valence-corrected chi connectivity index (χ1v) is 7.72. The summed E-state index contributed by atoms with van der Waals surface area (Å²) in [6.07, 6.45) is 4.08. The number of pyridine rings is 1. The molecule has 3 rings (SSSR count). The zero-order valence-corrected chi connectivity index (χ0v) is 13.1. The van der Waals surface area contributed by atoms with Gasteiger partial charge in [-0.2, -0.15) is 0 Å². The summed E-state index contributed by atoms with van der Waals surface area (Å²) in [5, 5.41) is 2.93. The van der Waals surface area contributed by atoms with E-state index in [0.29, 0.717) is 17.2 Å². The van der Waals surface area contributed by atoms with Crippen molar-refractivity contribution in [3.8, 4) is 11.5 Å². The van der Waals surface area contributed by atoms with Gasteiger partial charge < -0.3 is 10.1 Å². The first-order chi connectivity index (χ1) is 11.0. The smallest absolute Gasteiger partial charge is 0.223 e. The summed E-state index contributed by atoms with van der Waals surface area (Å²) in [7, 11) is 0. The largest absolute Gasteiger partial charge is 0.453 e. The summed E-state index contributed by atoms with van der Waals surface area (Å²) in [6, 6.07) is 7.92. The maximum absolute atomic E-state index is 14.2. The number of nitrogens with zero attached hydrogens (tertiary/aromatic N) is 1. The number of nitrogens with one attached hydrogen (secondary N) is 1. The number of carbonyl (C=O) groups excluding carboxylic acids is 1. The van der Waals surface area contributed by atoms with Gasteiger partial charge in [-0.3, -0.25) is 9.78 Å². The van der Waals surface area contributed by atoms with Crippen LogP contribution in [0.25, 0.3) is 0 Å². The van der Waals surface area contributed by atoms with Gasteiger partial charge in [0.1, 0.15) is 5.75 Å². The van der Waals surface area contributed by atoms with Gasteiger partial charge in [-0.05, 0) is 49.1 Å². The quantitative estimate of drug-likeness (QED) is 0.912. The van der Waals surface area contributed by atoms with E-state index in [2.05, 4.69) is 17.2 Å². The summed E-state index contributed by atoms with van der Waals surface area (Å²) < 4.78 is 19.7. The number of aromatic nitrogens is 1. The highest BCUT2D eigenvalue weighted by Crippen LogP contribution is 2.38. The van der Waals surface area contributed by atoms with Crippen molar-refractivity contribution in [3.63, 3.8) is 0 Å². The molecule has 1 amide bonds. The molecule has 1 aliphatic carbocycles. The SMILES string of the molecule is C[C@H](NC(=O)[C@H]1C[C@H]1C)c1ccc(Oc2cccnc2)c(F)c1. The number of amides is 1. The van der Waals surface area contributed by atoms with E-state index in [1.54, 1.807) is 30.5 Å². The van der Waals surface area contributed by atoms with Crippen LogP contribution >= 0.6 is 0 Å². The van der Waals surface area contributed by atoms with Crippen LogP contribution in [0.4, 0.5) is 4.39 Å². The molecule has 1 saturated carbocycles. The summed E-state index contributed by atoms with van der Waals surface area (Å²) in [4.78, 5) is 15.9. The Morgan fingerprint density at radius 2 is 2.22 bits per heavy atom. The van der Waals surface area contributed by atoms with Crippen LogP contribution in [0.1, 0.15) is 31.9 Å². The molecule has 120 valence electrons. The predicted octanol–water partition coefficient (Wildman–Crippen LogP) is 3.85. The minimum Gasteiger partial charge on any atom is -0.453 e. The van der Waals surface area contributed by atoms with Crippen LogP contribution < -0.4 is 10.1 Å². The Bertz CT molecular complexity index is 705. The molecule has 3 atom stereocenters. The monoisotopic (exact) mass is 314 g/mol. The number of halogens is 1. The number of ether oxygens (including phenoxy) is 1. The minimum atomic E-state index is -0.466. The van der Waals surface area contributed by atoms with Crippen LogP contribution in [0.3, 0.4) is 0 Å². The minimum absolute atomic E-state index is 0.0427. The molecule has 0 spiro atoms. The molecule has 2 aromatic rings. The molecule has 5 heteroatoms. The van der Waals surface area contributed by atoms with E-state index in [-0.39, 0.29) is 23.6 Å². The summed E-state index contributed by atoms with van der Waals surface area (Å²) in [5.41, 5.74) is 0.711. The van der Waals surface area contributed by atoms with E-state index in [1.165, 1.54) is 12.3 Å². The van der Waals surface area contributed by atoms with Gasteiger partial charge in [-0.15, -0.1) is 0 Å². The Morgan fingerprint density at radius 3 is 2.83 bits per heavy atom. The zero-order valence-electron chi connectivity index (χ0n) is 13.1. The van der Waals surface area contributed by atoms with Crippen molar-refractivity contribution in [2.75, 3.05) is 0 Å². The Balaban J connectivity index is 1.67. The molecule has 1 heterocycles. The Kier molecular flexibility index (Phi) is 4.28. The maximum atomic E-state index is 14.2. The molecular formula is C18H19FN2O2. The third-order valence-electron chi connectivity index (χ3n) is 4.12. The summed E-state index contributed by atoms with van der Waals surface area (Å²) in [6.45, 7) is 3.90. The summed E-state index contributed by atoms with van der Waals surface area (Å²) in [5.74, 6) is 0.748. The van der Waals surface area contributed by atoms with Gasteiger partial charge in [0.15, 0.2) is 11.6 Å². The van der Waals surface area contributed by atoms with Gasteiger partial charge in [0.25, 0.3) is 0 Å². The third-order valence-corrected chi connectivity index (χ3v) is 4.12. The van der Waals surface area contributed by atoms with Crippen molar-refractivity contribution >= 4 is 5.91 Å². The predicted molar refractivity (Wildman–Crippen MR) is 84.5 cm³/mol. The van der Waals surface area contributed by atoms with Gasteiger partial charge in [0.2, 0.25) is 5.91 Å². The fourth-order valence-electron chi connectivity index (χ4n) is 2.49. The molecule has 23 heavy (non-hydrogen) atoms. The van der Waals surface area contributed by atoms with Gasteiger partial charge in [-0.1, -0.05) is 13.0 Å². The first kappa shape index (κ1) is 15.5. The molecule has 0 unspecified atom stereocenters. The highest BCUT2D eigenvalue weighted by molar-refractivity contribution is 5.81. The van der Waals surface area contributed by atoms with E-state index in [4.69, 9.17) is 4.74 Å². The molecule has 1 fully saturated rings. The van der Waals surface area contributed by atoms with Crippen LogP contribution in [0.15, 0.2) is 42.7 Å². The van der Waals surface area contributed by atoms with Crippen molar-refractivity contribution in [3.05, 3.63) is 54.1 Å². The van der Waals surface area contributed by atoms with Gasteiger partial charge in [-0.25, -0.2) is 4.39 Å². The van der Waals surface area contributed by atoms with Crippen molar-refractivity contribution in [2.45, 2.75) is 26.3 Å². The molecule has 0 bridgehead atoms. The molecule has 4 nitrogen and oxygen atoms in total. The molecule has 1 aromatic carbocycles. The van der Waals surface area contributed by atoms with Gasteiger partial charge in [0.05, 0.1) is 12.2 Å². The average Bonchev–Trinajstić information content (AvgIpc) is 3.27. The Morgan fingerprint density at radius 1 is 1.43 bits per heavy atom. The second kappa shape index (κ2) is 6.36. The van der Waals surface area contributed by atoms with Crippen LogP contribution in [0.5, 0.6) is 11.5 Å². The second-order valence-electron chi connectivity index (χ2n) is 6.03. The van der Waals surface area contributed by atoms with Crippen molar-refractivity contribution in [1.29, 1.82) is 0 Å². The highest BCUT2D eigenvalue weighted by atomic mass is 19.1. The molecule has 1 aliphatic rings. The molecule has 1 aromatic heterocycles. The first-order valence-electron chi connectivity index (χ1n) is 7.72. The lowest BCUT2D eigenvalue weighted by Gasteiger charge is -2.15. The van der Waals surface area contributed by atoms with Crippen LogP contribution in [-0.4, -0.2) is 10.9 Å². The van der Waals surface area contributed by atoms with E-state index in [9.17, 15) is 9.18 Å². The standard InChI is InChI=1S/C18H19FN2O2/c1-11-8-15(11)18(22)21-12(2)13-5-6-17(16(19)9-13)23-14-4-3-7-20-10-14/h3-7,9-12,15H,8H2,1-2H3,(H,21,22)/t11-,12+,15+/m1/s1. The maximum Gasteiger partial charge on any atom is 0.223 e. The molecule has 0 radical (unpaired) electrons. The van der Waals surface area contributed by atoms with Crippen molar-refractivity contribution in [1.82, 2.24) is 10.3 Å². The highest BCUT2D eigenvalue weighted by Gasteiger charge is 2.39. The van der Waals surface area contributed by atoms with Gasteiger partial charge >= 0.3 is 0 Å². The fraction of sp³-hybridized carbons (Fsp3) is 0.333. The number of hydrogen-bond acceptors (Lipinski definition) is 3. The van der Waals surface area contributed by atoms with E-state index in [1.807, 2.05) is 6.92 Å². The molecule has 0 aliphatic heterocycles. The number of benzene rings is 1. The average molecular weight is 314 g/mol. The van der Waals surface area contributed by atoms with Crippen molar-refractivity contribution < 1.29 is 13.9 Å². The van der Waals surface area contributed by atoms with Crippen LogP contribution in [-0.2, 0) is 4.79 Å². The lowest BCUT2D eigenvalue weighted by atomic mass is 10.1. The van der Waals surface area contributed by atoms with Crippen LogP contribution in [0, 0.1) is 17.7 Å². The number of hydrogen-bond donors (Lipinski definition) is 1. The molecule has 1 N–H and O–H groups in total. The second-order valence-corrected chi connectivity index (χ2v) is 6.03. The van der Waals surface area contributed by atoms with E-state index < -0.39 is 5.82 Å². The number of rotatable bonds is 5. The zero-order chi connectivity index (χ0) is 16.4. The van der Waals surface area contributed by atoms with E-state index in [0.717, 1.165) is 6.42 Å². The molecular weight excluding hydrogens is 295 g/mol. The Hall–Kier alpha value is -2.43. The lowest BCUT2D eigenvalue weighted by Crippen LogP contribution is -2.28. The van der Waals surface area contributed by atoms with E-state index >= 15 is 0 Å². The van der Waals surface area contributed by atoms with Crippen molar-refractivity contribution in [2.24, 2.45) is 11.8 Å². The topological polar surface area (TPSA) is 51.2 Å². The van der Waals surface area contributed by atoms with Crippen LogP contribution in [0.2, 0.25) is 0 Å². The lowest BCUT2D eigenvalue weighted by molar-refractivity contribution is -0.123. The fourth-order valence-corrected chi connectivity index (χ4v) is 2.49. The third kappa shape index (κ3) is 3.67. The summed E-state index contributed by atoms with van der Waals surface area (Å²) >= 11 is 0. The normalized spacial score (nSPS) is 20.7.